The molecule has 2 rings (SSSR count). The van der Waals surface area contributed by atoms with Crippen molar-refractivity contribution in [2.24, 2.45) is 0 Å². The van der Waals surface area contributed by atoms with E-state index < -0.39 is 9.84 Å². The van der Waals surface area contributed by atoms with Crippen LogP contribution in [0.3, 0.4) is 0 Å². The summed E-state index contributed by atoms with van der Waals surface area (Å²) in [4.78, 5) is 11.5. The molecule has 0 aliphatic heterocycles. The van der Waals surface area contributed by atoms with Crippen LogP contribution < -0.4 is 0 Å². The molecule has 98 valence electrons. The molecule has 4 heteroatoms. The van der Waals surface area contributed by atoms with E-state index in [2.05, 4.69) is 0 Å². The molecule has 0 saturated carbocycles. The van der Waals surface area contributed by atoms with E-state index in [-0.39, 0.29) is 5.78 Å². The zero-order valence-corrected chi connectivity index (χ0v) is 11.6. The molecule has 0 bridgehead atoms. The number of rotatable bonds is 3. The largest absolute Gasteiger partial charge is 0.295 e. The lowest BCUT2D eigenvalue weighted by atomic mass is 10.0. The monoisotopic (exact) mass is 274 g/mol. The number of Topliss-reactive ketones (excluding diaryl/α,β-unsaturated/α-hetero) is 1. The van der Waals surface area contributed by atoms with Crippen molar-refractivity contribution in [1.82, 2.24) is 0 Å². The van der Waals surface area contributed by atoms with Gasteiger partial charge in [-0.1, -0.05) is 36.4 Å². The first kappa shape index (κ1) is 13.5. The van der Waals surface area contributed by atoms with Gasteiger partial charge in [-0.05, 0) is 30.2 Å². The van der Waals surface area contributed by atoms with Crippen molar-refractivity contribution >= 4 is 15.6 Å². The van der Waals surface area contributed by atoms with E-state index in [4.69, 9.17) is 0 Å². The highest BCUT2D eigenvalue weighted by atomic mass is 32.2. The Balaban J connectivity index is 2.45. The van der Waals surface area contributed by atoms with Crippen molar-refractivity contribution in [1.29, 1.82) is 0 Å². The van der Waals surface area contributed by atoms with Crippen LogP contribution in [0.15, 0.2) is 53.4 Å². The Kier molecular flexibility index (Phi) is 3.53. The van der Waals surface area contributed by atoms with Crippen LogP contribution in [0, 0.1) is 0 Å². The third-order valence-electron chi connectivity index (χ3n) is 2.89. The molecular weight excluding hydrogens is 260 g/mol. The molecule has 19 heavy (non-hydrogen) atoms. The molecule has 0 aliphatic carbocycles. The molecular formula is C15H14O3S. The van der Waals surface area contributed by atoms with Gasteiger partial charge in [-0.3, -0.25) is 4.79 Å². The molecule has 0 spiro atoms. The highest BCUT2D eigenvalue weighted by Gasteiger charge is 2.08. The zero-order valence-electron chi connectivity index (χ0n) is 10.8. The van der Waals surface area contributed by atoms with Crippen LogP contribution in [0.1, 0.15) is 17.3 Å². The first-order valence-electron chi connectivity index (χ1n) is 5.79. The highest BCUT2D eigenvalue weighted by molar-refractivity contribution is 7.90. The van der Waals surface area contributed by atoms with E-state index in [1.54, 1.807) is 30.3 Å². The summed E-state index contributed by atoms with van der Waals surface area (Å²) in [7, 11) is -3.21. The summed E-state index contributed by atoms with van der Waals surface area (Å²) in [5.41, 5.74) is 2.34. The number of carbonyl (C=O) groups is 1. The predicted octanol–water partition coefficient (Wildman–Crippen LogP) is 2.96. The number of benzene rings is 2. The average molecular weight is 274 g/mol. The van der Waals surface area contributed by atoms with Gasteiger partial charge in [0.2, 0.25) is 0 Å². The van der Waals surface area contributed by atoms with Gasteiger partial charge in [-0.25, -0.2) is 8.42 Å². The lowest BCUT2D eigenvalue weighted by Gasteiger charge is -2.05. The fourth-order valence-corrected chi connectivity index (χ4v) is 2.47. The Morgan fingerprint density at radius 3 is 2.11 bits per heavy atom. The molecule has 0 heterocycles. The Labute approximate surface area is 112 Å². The van der Waals surface area contributed by atoms with Gasteiger partial charge in [0.25, 0.3) is 0 Å². The van der Waals surface area contributed by atoms with Crippen LogP contribution in [-0.4, -0.2) is 20.5 Å². The summed E-state index contributed by atoms with van der Waals surface area (Å²) in [6.07, 6.45) is 1.19. The maximum absolute atomic E-state index is 11.5. The molecule has 2 aromatic rings. The lowest BCUT2D eigenvalue weighted by Crippen LogP contribution is -1.97. The summed E-state index contributed by atoms with van der Waals surface area (Å²) < 4.78 is 23.0. The van der Waals surface area contributed by atoms with E-state index in [1.807, 2.05) is 18.2 Å². The third kappa shape index (κ3) is 3.09. The fourth-order valence-electron chi connectivity index (χ4n) is 1.80. The minimum absolute atomic E-state index is 0.0106. The van der Waals surface area contributed by atoms with Crippen molar-refractivity contribution in [2.45, 2.75) is 11.8 Å². The zero-order chi connectivity index (χ0) is 14.0. The minimum atomic E-state index is -3.21. The topological polar surface area (TPSA) is 51.2 Å². The average Bonchev–Trinajstić information content (AvgIpc) is 2.38. The second-order valence-electron chi connectivity index (χ2n) is 4.43. The molecule has 2 aromatic carbocycles. The van der Waals surface area contributed by atoms with Crippen LogP contribution in [0.2, 0.25) is 0 Å². The van der Waals surface area contributed by atoms with E-state index in [9.17, 15) is 13.2 Å². The van der Waals surface area contributed by atoms with Crippen molar-refractivity contribution < 1.29 is 13.2 Å². The second kappa shape index (κ2) is 4.97. The maximum atomic E-state index is 11.5. The standard InChI is InChI=1S/C15H14O3S/c1-11(16)12-6-8-13(9-7-12)14-4-3-5-15(10-14)19(2,17)18/h3-10H,1-2H3. The van der Waals surface area contributed by atoms with Crippen molar-refractivity contribution in [3.05, 3.63) is 54.1 Å². The molecule has 0 N–H and O–H groups in total. The summed E-state index contributed by atoms with van der Waals surface area (Å²) in [6.45, 7) is 1.51. The van der Waals surface area contributed by atoms with Crippen LogP contribution in [0.4, 0.5) is 0 Å². The number of ketones is 1. The fraction of sp³-hybridized carbons (Fsp3) is 0.133. The Bertz CT molecular complexity index is 713. The van der Waals surface area contributed by atoms with Gasteiger partial charge >= 0.3 is 0 Å². The van der Waals surface area contributed by atoms with Gasteiger partial charge < -0.3 is 0 Å². The third-order valence-corrected chi connectivity index (χ3v) is 4.00. The normalized spacial score (nSPS) is 11.3. The Hall–Kier alpha value is -1.94. The van der Waals surface area contributed by atoms with Gasteiger partial charge in [-0.2, -0.15) is 0 Å². The molecule has 0 aliphatic rings. The van der Waals surface area contributed by atoms with Crippen LogP contribution in [-0.2, 0) is 9.84 Å². The Morgan fingerprint density at radius 1 is 0.947 bits per heavy atom. The van der Waals surface area contributed by atoms with Crippen LogP contribution in [0.25, 0.3) is 11.1 Å². The smallest absolute Gasteiger partial charge is 0.175 e. The van der Waals surface area contributed by atoms with Gasteiger partial charge in [0.15, 0.2) is 15.6 Å². The molecule has 3 nitrogen and oxygen atoms in total. The van der Waals surface area contributed by atoms with E-state index in [0.717, 1.165) is 11.1 Å². The molecule has 0 radical (unpaired) electrons. The van der Waals surface area contributed by atoms with Gasteiger partial charge in [0.05, 0.1) is 4.90 Å². The Morgan fingerprint density at radius 2 is 1.58 bits per heavy atom. The summed E-state index contributed by atoms with van der Waals surface area (Å²) in [5.74, 6) is 0.0106. The molecule has 0 fully saturated rings. The quantitative estimate of drug-likeness (QED) is 0.808. The highest BCUT2D eigenvalue weighted by Crippen LogP contribution is 2.23. The van der Waals surface area contributed by atoms with E-state index >= 15 is 0 Å². The number of hydrogen-bond donors (Lipinski definition) is 0. The van der Waals surface area contributed by atoms with E-state index in [1.165, 1.54) is 13.2 Å². The molecule has 0 amide bonds. The predicted molar refractivity (Wildman–Crippen MR) is 75.0 cm³/mol. The van der Waals surface area contributed by atoms with Crippen LogP contribution in [0.5, 0.6) is 0 Å². The summed E-state index contributed by atoms with van der Waals surface area (Å²) >= 11 is 0. The summed E-state index contributed by atoms with van der Waals surface area (Å²) in [6, 6.07) is 13.9. The summed E-state index contributed by atoms with van der Waals surface area (Å²) in [5, 5.41) is 0. The lowest BCUT2D eigenvalue weighted by molar-refractivity contribution is 0.101. The first-order chi connectivity index (χ1) is 8.88. The van der Waals surface area contributed by atoms with E-state index in [0.29, 0.717) is 10.5 Å². The molecule has 0 aromatic heterocycles. The molecule has 0 saturated heterocycles. The first-order valence-corrected chi connectivity index (χ1v) is 7.68. The van der Waals surface area contributed by atoms with Gasteiger partial charge in [-0.15, -0.1) is 0 Å². The van der Waals surface area contributed by atoms with Crippen molar-refractivity contribution in [3.8, 4) is 11.1 Å². The molecule has 0 atom stereocenters. The van der Waals surface area contributed by atoms with Crippen LogP contribution >= 0.6 is 0 Å². The number of hydrogen-bond acceptors (Lipinski definition) is 3. The van der Waals surface area contributed by atoms with Gasteiger partial charge in [0.1, 0.15) is 0 Å². The van der Waals surface area contributed by atoms with Crippen molar-refractivity contribution in [3.63, 3.8) is 0 Å². The molecule has 0 unspecified atom stereocenters. The maximum Gasteiger partial charge on any atom is 0.175 e. The SMILES string of the molecule is CC(=O)c1ccc(-c2cccc(S(C)(=O)=O)c2)cc1. The van der Waals surface area contributed by atoms with Crippen molar-refractivity contribution in [2.75, 3.05) is 6.26 Å². The second-order valence-corrected chi connectivity index (χ2v) is 6.45. The van der Waals surface area contributed by atoms with Gasteiger partial charge in [0, 0.05) is 11.8 Å². The minimum Gasteiger partial charge on any atom is -0.295 e. The number of sulfone groups is 1. The number of carbonyl (C=O) groups excluding carboxylic acids is 1.